The number of nitrogens with one attached hydrogen (secondary N) is 2. The number of ether oxygens (including phenoxy) is 1. The maximum atomic E-state index is 13.5. The van der Waals surface area contributed by atoms with Crippen molar-refractivity contribution in [2.24, 2.45) is 0 Å². The smallest absolute Gasteiger partial charge is 0.253 e. The van der Waals surface area contributed by atoms with Crippen LogP contribution >= 0.6 is 0 Å². The van der Waals surface area contributed by atoms with Crippen molar-refractivity contribution in [2.45, 2.75) is 0 Å². The summed E-state index contributed by atoms with van der Waals surface area (Å²) in [6, 6.07) is 2.43. The number of methoxy groups -OCH3 is 1. The molecule has 0 atom stereocenters. The van der Waals surface area contributed by atoms with Crippen molar-refractivity contribution in [3.63, 3.8) is 0 Å². The zero-order valence-corrected chi connectivity index (χ0v) is 11.7. The van der Waals surface area contributed by atoms with Crippen molar-refractivity contribution >= 4 is 16.9 Å². The topological polar surface area (TPSA) is 76.1 Å². The van der Waals surface area contributed by atoms with Crippen molar-refractivity contribution < 1.29 is 13.9 Å². The molecule has 0 aliphatic heterocycles. The SMILES string of the molecule is COCCNCCNC(=O)c1cc(F)cc2nccnc12. The first-order valence-corrected chi connectivity index (χ1v) is 6.60. The molecule has 7 heteroatoms. The highest BCUT2D eigenvalue weighted by Gasteiger charge is 2.13. The molecule has 0 bridgehead atoms. The number of benzene rings is 1. The van der Waals surface area contributed by atoms with Gasteiger partial charge in [0.05, 0.1) is 17.7 Å². The Hall–Kier alpha value is -2.12. The van der Waals surface area contributed by atoms with Crippen LogP contribution in [-0.2, 0) is 4.74 Å². The Morgan fingerprint density at radius 1 is 1.24 bits per heavy atom. The molecule has 0 saturated carbocycles. The Bertz CT molecular complexity index is 621. The number of amides is 1. The molecule has 0 aliphatic carbocycles. The lowest BCUT2D eigenvalue weighted by atomic mass is 10.1. The van der Waals surface area contributed by atoms with Gasteiger partial charge >= 0.3 is 0 Å². The van der Waals surface area contributed by atoms with Crippen molar-refractivity contribution in [3.8, 4) is 0 Å². The maximum absolute atomic E-state index is 13.5. The molecule has 1 amide bonds. The highest BCUT2D eigenvalue weighted by Crippen LogP contribution is 2.16. The van der Waals surface area contributed by atoms with Crippen LogP contribution in [0.25, 0.3) is 11.0 Å². The molecule has 1 heterocycles. The molecular formula is C14H17FN4O2. The van der Waals surface area contributed by atoms with E-state index in [-0.39, 0.29) is 11.5 Å². The van der Waals surface area contributed by atoms with Crippen LogP contribution in [0, 0.1) is 5.82 Å². The van der Waals surface area contributed by atoms with E-state index in [4.69, 9.17) is 4.74 Å². The number of fused-ring (bicyclic) bond motifs is 1. The number of hydrogen-bond donors (Lipinski definition) is 2. The third-order valence-corrected chi connectivity index (χ3v) is 2.85. The first-order chi connectivity index (χ1) is 10.2. The second-order valence-corrected chi connectivity index (χ2v) is 4.38. The zero-order valence-electron chi connectivity index (χ0n) is 11.7. The Kier molecular flexibility index (Phi) is 5.53. The maximum Gasteiger partial charge on any atom is 0.253 e. The number of hydrogen-bond acceptors (Lipinski definition) is 5. The number of carbonyl (C=O) groups is 1. The lowest BCUT2D eigenvalue weighted by molar-refractivity contribution is 0.0954. The van der Waals surface area contributed by atoms with E-state index in [0.717, 1.165) is 0 Å². The minimum atomic E-state index is -0.508. The van der Waals surface area contributed by atoms with Crippen LogP contribution in [0.2, 0.25) is 0 Å². The number of rotatable bonds is 7. The lowest BCUT2D eigenvalue weighted by Gasteiger charge is -2.08. The van der Waals surface area contributed by atoms with Crippen LogP contribution in [0.5, 0.6) is 0 Å². The molecule has 0 saturated heterocycles. The van der Waals surface area contributed by atoms with Gasteiger partial charge in [0.15, 0.2) is 0 Å². The van der Waals surface area contributed by atoms with Gasteiger partial charge in [-0.2, -0.15) is 0 Å². The Labute approximate surface area is 121 Å². The summed E-state index contributed by atoms with van der Waals surface area (Å²) in [5.74, 6) is -0.875. The van der Waals surface area contributed by atoms with E-state index in [0.29, 0.717) is 37.3 Å². The van der Waals surface area contributed by atoms with E-state index in [9.17, 15) is 9.18 Å². The van der Waals surface area contributed by atoms with E-state index in [1.807, 2.05) is 0 Å². The number of nitrogens with zero attached hydrogens (tertiary/aromatic N) is 2. The quantitative estimate of drug-likeness (QED) is 0.736. The molecule has 1 aromatic carbocycles. The molecule has 2 aromatic rings. The van der Waals surface area contributed by atoms with E-state index >= 15 is 0 Å². The average Bonchev–Trinajstić information content (AvgIpc) is 2.49. The number of aromatic nitrogens is 2. The Balaban J connectivity index is 1.99. The second-order valence-electron chi connectivity index (χ2n) is 4.38. The molecule has 0 radical (unpaired) electrons. The van der Waals surface area contributed by atoms with Crippen LogP contribution in [0.15, 0.2) is 24.5 Å². The highest BCUT2D eigenvalue weighted by atomic mass is 19.1. The summed E-state index contributed by atoms with van der Waals surface area (Å²) < 4.78 is 18.4. The fourth-order valence-electron chi connectivity index (χ4n) is 1.87. The first-order valence-electron chi connectivity index (χ1n) is 6.60. The van der Waals surface area contributed by atoms with Gasteiger partial charge in [-0.1, -0.05) is 0 Å². The molecule has 21 heavy (non-hydrogen) atoms. The normalized spacial score (nSPS) is 10.8. The minimum absolute atomic E-state index is 0.190. The molecule has 2 N–H and O–H groups in total. The molecule has 2 rings (SSSR count). The van der Waals surface area contributed by atoms with E-state index in [1.54, 1.807) is 7.11 Å². The van der Waals surface area contributed by atoms with E-state index < -0.39 is 5.82 Å². The highest BCUT2D eigenvalue weighted by molar-refractivity contribution is 6.04. The summed E-state index contributed by atoms with van der Waals surface area (Å²) >= 11 is 0. The Morgan fingerprint density at radius 3 is 2.86 bits per heavy atom. The van der Waals surface area contributed by atoms with Gasteiger partial charge in [-0.25, -0.2) is 4.39 Å². The van der Waals surface area contributed by atoms with Gasteiger partial charge in [0.25, 0.3) is 5.91 Å². The van der Waals surface area contributed by atoms with Gasteiger partial charge in [0.1, 0.15) is 11.3 Å². The predicted octanol–water partition coefficient (Wildman–Crippen LogP) is 0.735. The van der Waals surface area contributed by atoms with Crippen molar-refractivity contribution in [1.82, 2.24) is 20.6 Å². The van der Waals surface area contributed by atoms with Gasteiger partial charge in [-0.3, -0.25) is 14.8 Å². The number of halogens is 1. The van der Waals surface area contributed by atoms with Crippen LogP contribution in [0.1, 0.15) is 10.4 Å². The third-order valence-electron chi connectivity index (χ3n) is 2.85. The predicted molar refractivity (Wildman–Crippen MR) is 76.6 cm³/mol. The van der Waals surface area contributed by atoms with Gasteiger partial charge in [-0.05, 0) is 6.07 Å². The van der Waals surface area contributed by atoms with Crippen molar-refractivity contribution in [2.75, 3.05) is 33.4 Å². The van der Waals surface area contributed by atoms with Crippen molar-refractivity contribution in [3.05, 3.63) is 35.9 Å². The standard InChI is InChI=1S/C14H17FN4O2/c1-21-7-6-16-2-3-19-14(20)11-8-10(15)9-12-13(11)18-5-4-17-12/h4-5,8-9,16H,2-3,6-7H2,1H3,(H,19,20). The largest absolute Gasteiger partial charge is 0.383 e. The average molecular weight is 292 g/mol. The van der Waals surface area contributed by atoms with Crippen LogP contribution < -0.4 is 10.6 Å². The summed E-state index contributed by atoms with van der Waals surface area (Å²) in [6.07, 6.45) is 2.94. The van der Waals surface area contributed by atoms with Crippen LogP contribution in [0.4, 0.5) is 4.39 Å². The van der Waals surface area contributed by atoms with Crippen molar-refractivity contribution in [1.29, 1.82) is 0 Å². The molecule has 0 spiro atoms. The second kappa shape index (κ2) is 7.61. The molecule has 1 aromatic heterocycles. The van der Waals surface area contributed by atoms with E-state index in [1.165, 1.54) is 24.5 Å². The summed E-state index contributed by atoms with van der Waals surface area (Å²) in [6.45, 7) is 2.35. The summed E-state index contributed by atoms with van der Waals surface area (Å²) in [5.41, 5.74) is 0.944. The molecule has 0 aliphatic rings. The van der Waals surface area contributed by atoms with Crippen LogP contribution in [-0.4, -0.2) is 49.2 Å². The Morgan fingerprint density at radius 2 is 2.05 bits per heavy atom. The zero-order chi connectivity index (χ0) is 15.1. The molecule has 0 fully saturated rings. The van der Waals surface area contributed by atoms with Gasteiger partial charge in [0, 0.05) is 45.2 Å². The van der Waals surface area contributed by atoms with Gasteiger partial charge in [0.2, 0.25) is 0 Å². The lowest BCUT2D eigenvalue weighted by Crippen LogP contribution is -2.33. The van der Waals surface area contributed by atoms with E-state index in [2.05, 4.69) is 20.6 Å². The van der Waals surface area contributed by atoms with Gasteiger partial charge in [-0.15, -0.1) is 0 Å². The summed E-state index contributed by atoms with van der Waals surface area (Å²) in [4.78, 5) is 20.2. The fraction of sp³-hybridized carbons (Fsp3) is 0.357. The molecule has 6 nitrogen and oxygen atoms in total. The summed E-state index contributed by atoms with van der Waals surface area (Å²) in [5, 5.41) is 5.82. The van der Waals surface area contributed by atoms with Gasteiger partial charge < -0.3 is 15.4 Å². The molecular weight excluding hydrogens is 275 g/mol. The summed E-state index contributed by atoms with van der Waals surface area (Å²) in [7, 11) is 1.62. The first kappa shape index (κ1) is 15.3. The minimum Gasteiger partial charge on any atom is -0.383 e. The third kappa shape index (κ3) is 4.17. The monoisotopic (exact) mass is 292 g/mol. The fourth-order valence-corrected chi connectivity index (χ4v) is 1.87. The van der Waals surface area contributed by atoms with Crippen LogP contribution in [0.3, 0.4) is 0 Å². The molecule has 112 valence electrons. The molecule has 0 unspecified atom stereocenters. The number of carbonyl (C=O) groups excluding carboxylic acids is 1.